The zero-order chi connectivity index (χ0) is 0. The van der Waals surface area contributed by atoms with E-state index in [0.717, 1.165) is 0 Å². The number of hydrogen-bond donors (Lipinski definition) is 0. The molecule has 0 unspecified atom stereocenters. The third-order valence-electron chi connectivity index (χ3n) is 0. The second-order valence-corrected chi connectivity index (χ2v) is 0. The maximum atomic E-state index is 0. The Kier molecular flexibility index (Phi) is 177. The fourth-order valence-corrected chi connectivity index (χ4v) is 0. The van der Waals surface area contributed by atoms with Gasteiger partial charge in [0, 0.05) is 0 Å². The van der Waals surface area contributed by atoms with E-state index in [2.05, 4.69) is 0 Å². The smallest absolute Gasteiger partial charge is 2.00 e. The Bertz CT molecular complexity index is 8.00. The zero-order valence-corrected chi connectivity index (χ0v) is 5.80. The quantitative estimate of drug-likeness (QED) is 0.372. The van der Waals surface area contributed by atoms with Crippen LogP contribution in [0.3, 0.4) is 0 Å². The first kappa shape index (κ1) is 36.3. The van der Waals surface area contributed by atoms with Crippen molar-refractivity contribution in [3.05, 3.63) is 0 Å². The summed E-state index contributed by atoms with van der Waals surface area (Å²) in [6.07, 6.45) is 0. The summed E-state index contributed by atoms with van der Waals surface area (Å²) in [5.41, 5.74) is 0. The van der Waals surface area contributed by atoms with Crippen molar-refractivity contribution >= 4 is 50.2 Å². The van der Waals surface area contributed by atoms with E-state index in [0.29, 0.717) is 0 Å². The second kappa shape index (κ2) is 19.6. The zero-order valence-electron chi connectivity index (χ0n) is 1.12. The molecule has 4 heteroatoms. The Morgan fingerprint density at radius 2 is 1.00 bits per heavy atom. The maximum Gasteiger partial charge on any atom is 2.00 e. The van der Waals surface area contributed by atoms with E-state index in [9.17, 15) is 0 Å². The van der Waals surface area contributed by atoms with Gasteiger partial charge in [-0.05, 0) is 0 Å². The molecule has 0 aliphatic carbocycles. The van der Waals surface area contributed by atoms with E-state index in [1.807, 2.05) is 0 Å². The van der Waals surface area contributed by atoms with Crippen LogP contribution < -0.4 is 0 Å². The molecule has 0 nitrogen and oxygen atoms in total. The fourth-order valence-electron chi connectivity index (χ4n) is 0. The van der Waals surface area contributed by atoms with Crippen LogP contribution in [0.25, 0.3) is 0 Å². The molecule has 0 aromatic carbocycles. The minimum absolute atomic E-state index is 0. The Hall–Kier alpha value is 2.08. The summed E-state index contributed by atoms with van der Waals surface area (Å²) in [4.78, 5) is 0. The van der Waals surface area contributed by atoms with Gasteiger partial charge in [0.2, 0.25) is 0 Å². The topological polar surface area (TPSA) is 0 Å². The van der Waals surface area contributed by atoms with Gasteiger partial charge in [-0.3, -0.25) is 0 Å². The molecule has 0 aromatic rings. The van der Waals surface area contributed by atoms with Crippen molar-refractivity contribution in [3.63, 3.8) is 0 Å². The molecule has 4 heavy (non-hydrogen) atoms. The monoisotopic (exact) mass is 181 g/mol. The van der Waals surface area contributed by atoms with Crippen molar-refractivity contribution in [2.24, 2.45) is 0 Å². The molecule has 0 radical (unpaired) electrons. The first-order valence-electron chi connectivity index (χ1n) is 0. The van der Waals surface area contributed by atoms with Gasteiger partial charge >= 0.3 is 52.7 Å². The first-order valence-corrected chi connectivity index (χ1v) is 0. The van der Waals surface area contributed by atoms with Crippen LogP contribution in [0, 0.1) is 0 Å². The first-order chi connectivity index (χ1) is 0. The maximum absolute atomic E-state index is 0. The average Bonchev–Trinajstić information content (AvgIpc) is 0. The van der Waals surface area contributed by atoms with Gasteiger partial charge in [-0.15, -0.1) is 0 Å². The Balaban J connectivity index is 0. The normalized spacial score (nSPS) is 0. The van der Waals surface area contributed by atoms with Crippen LogP contribution in [0.4, 0.5) is 0 Å². The molecule has 0 aliphatic heterocycles. The molecule has 0 saturated carbocycles. The number of hydrogen-bond acceptors (Lipinski definition) is 0. The fraction of sp³-hybridized carbons (Fsp3) is 0. The molecular weight excluding hydrogens is 178 g/mol. The van der Waals surface area contributed by atoms with Crippen molar-refractivity contribution in [2.45, 2.75) is 0 Å². The SMILES string of the molecule is [BeH2].[MgH2].[Se-2].[Zn+2]. The summed E-state index contributed by atoms with van der Waals surface area (Å²) < 4.78 is 0. The number of rotatable bonds is 0. The van der Waals surface area contributed by atoms with Crippen LogP contribution in [0.5, 0.6) is 0 Å². The van der Waals surface area contributed by atoms with E-state index in [-0.39, 0.29) is 69.7 Å². The predicted octanol–water partition coefficient (Wildman–Crippen LogP) is -2.22. The van der Waals surface area contributed by atoms with Crippen LogP contribution in [-0.4, -0.2) is 50.2 Å². The van der Waals surface area contributed by atoms with Crippen molar-refractivity contribution < 1.29 is 19.5 Å². The Morgan fingerprint density at radius 3 is 1.00 bits per heavy atom. The van der Waals surface area contributed by atoms with Crippen LogP contribution in [0.2, 0.25) is 0 Å². The summed E-state index contributed by atoms with van der Waals surface area (Å²) in [5, 5.41) is 0. The van der Waals surface area contributed by atoms with Gasteiger partial charge < -0.3 is 17.1 Å². The van der Waals surface area contributed by atoms with Crippen LogP contribution in [0.15, 0.2) is 0 Å². The molecule has 0 rings (SSSR count). The molecule has 0 saturated heterocycles. The third kappa shape index (κ3) is 8.95. The molecule has 0 heterocycles. The molecule has 0 aliphatic rings. The summed E-state index contributed by atoms with van der Waals surface area (Å²) in [5.74, 6) is 0. The van der Waals surface area contributed by atoms with E-state index >= 15 is 0 Å². The summed E-state index contributed by atoms with van der Waals surface area (Å²) >= 11 is 0. The molecule has 0 amide bonds. The van der Waals surface area contributed by atoms with E-state index in [1.54, 1.807) is 0 Å². The van der Waals surface area contributed by atoms with Gasteiger partial charge in [0.1, 0.15) is 0 Å². The van der Waals surface area contributed by atoms with Gasteiger partial charge in [-0.2, -0.15) is 0 Å². The summed E-state index contributed by atoms with van der Waals surface area (Å²) in [6, 6.07) is 0. The average molecular weight is 182 g/mol. The minimum Gasteiger partial charge on any atom is -2.00 e. The molecule has 0 atom stereocenters. The molecule has 0 aromatic heterocycles. The summed E-state index contributed by atoms with van der Waals surface area (Å²) in [6.45, 7) is 0. The third-order valence-corrected chi connectivity index (χ3v) is 0. The van der Waals surface area contributed by atoms with E-state index in [1.165, 1.54) is 0 Å². The molecule has 16 valence electrons. The molecule has 0 bridgehead atoms. The van der Waals surface area contributed by atoms with Gasteiger partial charge in [0.15, 0.2) is 0 Å². The summed E-state index contributed by atoms with van der Waals surface area (Å²) in [7, 11) is 0. The van der Waals surface area contributed by atoms with Gasteiger partial charge in [-0.1, -0.05) is 0 Å². The van der Waals surface area contributed by atoms with Gasteiger partial charge in [0.25, 0.3) is 0 Å². The van der Waals surface area contributed by atoms with E-state index < -0.39 is 0 Å². The minimum atomic E-state index is 0. The van der Waals surface area contributed by atoms with Crippen molar-refractivity contribution in [3.8, 4) is 0 Å². The Labute approximate surface area is 69.1 Å². The standard InChI is InChI=1S/Be.Mg.Se.Zn.4H/q;;-2;+2;;;;. The van der Waals surface area contributed by atoms with Crippen LogP contribution >= 0.6 is 0 Å². The largest absolute Gasteiger partial charge is 2.00 e. The predicted molar refractivity (Wildman–Crippen MR) is 22.8 cm³/mol. The van der Waals surface area contributed by atoms with Gasteiger partial charge in [-0.25, -0.2) is 0 Å². The Morgan fingerprint density at radius 1 is 1.00 bits per heavy atom. The van der Waals surface area contributed by atoms with E-state index in [4.69, 9.17) is 0 Å². The molecule has 0 N–H and O–H groups in total. The van der Waals surface area contributed by atoms with Crippen molar-refractivity contribution in [1.82, 2.24) is 0 Å². The van der Waals surface area contributed by atoms with Crippen LogP contribution in [-0.2, 0) is 19.5 Å². The van der Waals surface area contributed by atoms with Crippen LogP contribution in [0.1, 0.15) is 0 Å². The molecule has 0 spiro atoms. The van der Waals surface area contributed by atoms with Crippen molar-refractivity contribution in [2.75, 3.05) is 0 Å². The molecule has 0 fully saturated rings. The van der Waals surface area contributed by atoms with Crippen molar-refractivity contribution in [1.29, 1.82) is 0 Å². The second-order valence-electron chi connectivity index (χ2n) is 0. The van der Waals surface area contributed by atoms with Gasteiger partial charge in [0.05, 0.1) is 0 Å². The molecular formula is H4BeMgSeZn.